The lowest BCUT2D eigenvalue weighted by Crippen LogP contribution is -2.68. The second-order valence-corrected chi connectivity index (χ2v) is 10.00. The quantitative estimate of drug-likeness (QED) is 0.493. The number of carbonyl (C=O) groups is 3. The van der Waals surface area contributed by atoms with Gasteiger partial charge in [0.15, 0.2) is 0 Å². The molecule has 3 atom stereocenters. The Hall–Kier alpha value is -3.32. The SMILES string of the molecule is O=C(CCc1ccccc1)N[C@@H](Cc1ccc2ccccc2c1)C(=O)N[C@@H]1C(=O)N2CCS[C@@H]12. The summed E-state index contributed by atoms with van der Waals surface area (Å²) in [5, 5.41) is 8.05. The van der Waals surface area contributed by atoms with Crippen molar-refractivity contribution in [1.29, 1.82) is 0 Å². The normalized spacial score (nSPS) is 19.9. The molecule has 5 rings (SSSR count). The van der Waals surface area contributed by atoms with E-state index >= 15 is 0 Å². The van der Waals surface area contributed by atoms with Gasteiger partial charge in [-0.3, -0.25) is 14.4 Å². The second-order valence-electron chi connectivity index (χ2n) is 8.77. The van der Waals surface area contributed by atoms with Gasteiger partial charge >= 0.3 is 0 Å². The first-order chi connectivity index (χ1) is 16.6. The fourth-order valence-corrected chi connectivity index (χ4v) is 5.90. The van der Waals surface area contributed by atoms with E-state index in [9.17, 15) is 14.4 Å². The van der Waals surface area contributed by atoms with Gasteiger partial charge in [0.1, 0.15) is 17.5 Å². The third-order valence-electron chi connectivity index (χ3n) is 6.45. The van der Waals surface area contributed by atoms with Gasteiger partial charge in [-0.15, -0.1) is 11.8 Å². The molecule has 0 bridgehead atoms. The van der Waals surface area contributed by atoms with Gasteiger partial charge in [-0.05, 0) is 28.3 Å². The Balaban J connectivity index is 1.29. The Morgan fingerprint density at radius 3 is 2.56 bits per heavy atom. The maximum atomic E-state index is 13.3. The predicted octanol–water partition coefficient (Wildman–Crippen LogP) is 2.90. The maximum Gasteiger partial charge on any atom is 0.249 e. The standard InChI is InChI=1S/C27H27N3O3S/c31-23(13-11-18-6-2-1-3-7-18)28-22(17-19-10-12-20-8-4-5-9-21(20)16-19)25(32)29-24-26(33)30-14-15-34-27(24)30/h1-10,12,16,22,24,27H,11,13-15,17H2,(H,28,31)(H,29,32)/t22-,24+,27-/m0/s1. The van der Waals surface area contributed by atoms with Crippen molar-refractivity contribution >= 4 is 40.3 Å². The topological polar surface area (TPSA) is 78.5 Å². The molecule has 3 aromatic rings. The molecule has 0 radical (unpaired) electrons. The maximum absolute atomic E-state index is 13.3. The lowest BCUT2D eigenvalue weighted by Gasteiger charge is -2.42. The molecule has 174 valence electrons. The molecule has 0 spiro atoms. The fourth-order valence-electron chi connectivity index (χ4n) is 4.59. The van der Waals surface area contributed by atoms with E-state index in [4.69, 9.17) is 0 Å². The zero-order valence-corrected chi connectivity index (χ0v) is 19.6. The first-order valence-electron chi connectivity index (χ1n) is 11.6. The van der Waals surface area contributed by atoms with E-state index in [1.54, 1.807) is 16.7 Å². The van der Waals surface area contributed by atoms with E-state index in [-0.39, 0.29) is 23.1 Å². The van der Waals surface area contributed by atoms with E-state index in [0.717, 1.165) is 34.2 Å². The van der Waals surface area contributed by atoms with Crippen LogP contribution in [0.1, 0.15) is 17.5 Å². The predicted molar refractivity (Wildman–Crippen MR) is 134 cm³/mol. The van der Waals surface area contributed by atoms with E-state index in [1.165, 1.54) is 0 Å². The second kappa shape index (κ2) is 9.89. The Kier molecular flexibility index (Phi) is 6.54. The summed E-state index contributed by atoms with van der Waals surface area (Å²) < 4.78 is 0. The number of benzene rings is 3. The summed E-state index contributed by atoms with van der Waals surface area (Å²) in [6, 6.07) is 22.7. The third kappa shape index (κ3) is 4.80. The molecule has 2 fully saturated rings. The van der Waals surface area contributed by atoms with Crippen LogP contribution in [0.15, 0.2) is 72.8 Å². The van der Waals surface area contributed by atoms with Crippen molar-refractivity contribution in [2.24, 2.45) is 0 Å². The van der Waals surface area contributed by atoms with Crippen molar-refractivity contribution in [3.8, 4) is 0 Å². The molecular formula is C27H27N3O3S. The molecule has 2 saturated heterocycles. The summed E-state index contributed by atoms with van der Waals surface area (Å²) >= 11 is 1.69. The van der Waals surface area contributed by atoms with Gasteiger partial charge in [-0.2, -0.15) is 0 Å². The zero-order valence-electron chi connectivity index (χ0n) is 18.8. The van der Waals surface area contributed by atoms with Crippen molar-refractivity contribution in [2.75, 3.05) is 12.3 Å². The average molecular weight is 474 g/mol. The number of amides is 3. The van der Waals surface area contributed by atoms with Crippen LogP contribution in [-0.4, -0.2) is 52.4 Å². The van der Waals surface area contributed by atoms with Gasteiger partial charge in [0.2, 0.25) is 17.7 Å². The number of carbonyl (C=O) groups excluding carboxylic acids is 3. The highest BCUT2D eigenvalue weighted by Crippen LogP contribution is 2.35. The first kappa shape index (κ1) is 22.5. The van der Waals surface area contributed by atoms with Gasteiger partial charge in [0.05, 0.1) is 0 Å². The Bertz CT molecular complexity index is 1220. The number of fused-ring (bicyclic) bond motifs is 2. The largest absolute Gasteiger partial charge is 0.344 e. The molecule has 2 aliphatic heterocycles. The Labute approximate surface area is 203 Å². The molecule has 0 aromatic heterocycles. The highest BCUT2D eigenvalue weighted by Gasteiger charge is 2.51. The van der Waals surface area contributed by atoms with Crippen LogP contribution in [0.4, 0.5) is 0 Å². The molecule has 7 heteroatoms. The molecule has 2 aliphatic rings. The van der Waals surface area contributed by atoms with Crippen LogP contribution >= 0.6 is 11.8 Å². The molecule has 2 heterocycles. The molecule has 6 nitrogen and oxygen atoms in total. The molecule has 3 amide bonds. The smallest absolute Gasteiger partial charge is 0.249 e. The lowest BCUT2D eigenvalue weighted by atomic mass is 10.00. The molecule has 2 N–H and O–H groups in total. The minimum Gasteiger partial charge on any atom is -0.344 e. The Morgan fingerprint density at radius 1 is 0.971 bits per heavy atom. The molecular weight excluding hydrogens is 446 g/mol. The number of rotatable bonds is 8. The van der Waals surface area contributed by atoms with Crippen LogP contribution in [0.2, 0.25) is 0 Å². The van der Waals surface area contributed by atoms with E-state index in [0.29, 0.717) is 19.3 Å². The van der Waals surface area contributed by atoms with Gasteiger partial charge in [0.25, 0.3) is 0 Å². The van der Waals surface area contributed by atoms with Gasteiger partial charge < -0.3 is 15.5 Å². The number of hydrogen-bond acceptors (Lipinski definition) is 4. The highest BCUT2D eigenvalue weighted by molar-refractivity contribution is 8.00. The highest BCUT2D eigenvalue weighted by atomic mass is 32.2. The lowest BCUT2D eigenvalue weighted by molar-refractivity contribution is -0.147. The summed E-state index contributed by atoms with van der Waals surface area (Å²) in [4.78, 5) is 40.2. The fraction of sp³-hybridized carbons (Fsp3) is 0.296. The number of hydrogen-bond donors (Lipinski definition) is 2. The van der Waals surface area contributed by atoms with Crippen LogP contribution in [0, 0.1) is 0 Å². The van der Waals surface area contributed by atoms with E-state index in [1.807, 2.05) is 66.7 Å². The first-order valence-corrected chi connectivity index (χ1v) is 12.7. The number of thioether (sulfide) groups is 1. The summed E-state index contributed by atoms with van der Waals surface area (Å²) in [5.74, 6) is 0.357. The van der Waals surface area contributed by atoms with Crippen LogP contribution in [0.5, 0.6) is 0 Å². The van der Waals surface area contributed by atoms with Gasteiger partial charge in [-0.25, -0.2) is 0 Å². The zero-order chi connectivity index (χ0) is 23.5. The van der Waals surface area contributed by atoms with E-state index < -0.39 is 12.1 Å². The van der Waals surface area contributed by atoms with Crippen molar-refractivity contribution in [3.63, 3.8) is 0 Å². The van der Waals surface area contributed by atoms with Crippen LogP contribution in [0.25, 0.3) is 10.8 Å². The van der Waals surface area contributed by atoms with Gasteiger partial charge in [0, 0.05) is 25.1 Å². The number of aryl methyl sites for hydroxylation is 1. The summed E-state index contributed by atoms with van der Waals surface area (Å²) in [5.41, 5.74) is 2.03. The summed E-state index contributed by atoms with van der Waals surface area (Å²) in [7, 11) is 0. The third-order valence-corrected chi connectivity index (χ3v) is 7.74. The van der Waals surface area contributed by atoms with Gasteiger partial charge in [-0.1, -0.05) is 72.8 Å². The van der Waals surface area contributed by atoms with Crippen LogP contribution in [0.3, 0.4) is 0 Å². The average Bonchev–Trinajstić information content (AvgIpc) is 3.31. The molecule has 0 unspecified atom stereocenters. The monoisotopic (exact) mass is 473 g/mol. The van der Waals surface area contributed by atoms with Crippen molar-refractivity contribution in [1.82, 2.24) is 15.5 Å². The van der Waals surface area contributed by atoms with E-state index in [2.05, 4.69) is 16.7 Å². The molecule has 34 heavy (non-hydrogen) atoms. The molecule has 0 saturated carbocycles. The number of β-lactam (4-membered cyclic amide) rings is 1. The number of nitrogens with one attached hydrogen (secondary N) is 2. The van der Waals surface area contributed by atoms with Crippen molar-refractivity contribution in [2.45, 2.75) is 36.7 Å². The Morgan fingerprint density at radius 2 is 1.74 bits per heavy atom. The summed E-state index contributed by atoms with van der Waals surface area (Å²) in [6.45, 7) is 0.733. The number of nitrogens with zero attached hydrogens (tertiary/aromatic N) is 1. The molecule has 3 aromatic carbocycles. The summed E-state index contributed by atoms with van der Waals surface area (Å²) in [6.07, 6.45) is 1.25. The minimum absolute atomic E-state index is 0.00607. The molecule has 0 aliphatic carbocycles. The van der Waals surface area contributed by atoms with Crippen molar-refractivity contribution < 1.29 is 14.4 Å². The van der Waals surface area contributed by atoms with Crippen LogP contribution < -0.4 is 10.6 Å². The minimum atomic E-state index is -0.752. The van der Waals surface area contributed by atoms with Crippen molar-refractivity contribution in [3.05, 3.63) is 83.9 Å². The van der Waals surface area contributed by atoms with Crippen LogP contribution in [-0.2, 0) is 27.2 Å².